The predicted molar refractivity (Wildman–Crippen MR) is 228 cm³/mol. The molecule has 266 valence electrons. The predicted octanol–water partition coefficient (Wildman–Crippen LogP) is 11.8. The van der Waals surface area contributed by atoms with E-state index in [1.54, 1.807) is 12.4 Å². The van der Waals surface area contributed by atoms with Gasteiger partial charge < -0.3 is 8.98 Å². The lowest BCUT2D eigenvalue weighted by atomic mass is 10.0. The van der Waals surface area contributed by atoms with E-state index in [4.69, 9.17) is 19.4 Å². The quantitative estimate of drug-likeness (QED) is 0.175. The summed E-state index contributed by atoms with van der Waals surface area (Å²) in [6.45, 7) is 0. The number of nitrogens with zero attached hydrogens (tertiary/aromatic N) is 7. The molecule has 0 aliphatic rings. The van der Waals surface area contributed by atoms with Crippen molar-refractivity contribution in [3.8, 4) is 45.8 Å². The van der Waals surface area contributed by atoms with Gasteiger partial charge in [-0.2, -0.15) is 9.97 Å². The highest BCUT2D eigenvalue weighted by molar-refractivity contribution is 6.13. The molecule has 0 bridgehead atoms. The normalized spacial score (nSPS) is 11.9. The number of pyridine rings is 2. The molecule has 0 aliphatic carbocycles. The highest BCUT2D eigenvalue weighted by atomic mass is 16.3. The fourth-order valence-corrected chi connectivity index (χ4v) is 8.34. The summed E-state index contributed by atoms with van der Waals surface area (Å²) < 4.78 is 10.6. The lowest BCUT2D eigenvalue weighted by Gasteiger charge is -2.10. The van der Waals surface area contributed by atoms with Gasteiger partial charge in [0.15, 0.2) is 11.6 Å². The van der Waals surface area contributed by atoms with Crippen LogP contribution in [-0.2, 0) is 0 Å². The van der Waals surface area contributed by atoms with E-state index in [0.29, 0.717) is 29.0 Å². The van der Waals surface area contributed by atoms with E-state index in [9.17, 15) is 0 Å². The van der Waals surface area contributed by atoms with Crippen molar-refractivity contribution in [3.05, 3.63) is 176 Å². The Labute approximate surface area is 325 Å². The number of furan rings is 1. The standard InChI is InChI=1S/C49H29N7O/c1-4-16-41-33(11-1)36-27-30(19-22-43(36)55(41)32-21-24-46-38(29-32)35-13-3-6-18-45(35)57-46)31-20-23-44-37(28-31)34-12-2-5-17-42(34)56(44)49-53-47(39-14-7-9-25-50-39)52-48(54-49)40-15-8-10-26-51-40/h1-29H. The highest BCUT2D eigenvalue weighted by Gasteiger charge is 2.20. The third-order valence-electron chi connectivity index (χ3n) is 10.9. The number of rotatable bonds is 5. The summed E-state index contributed by atoms with van der Waals surface area (Å²) in [5.41, 5.74) is 10.7. The Morgan fingerprint density at radius 3 is 1.53 bits per heavy atom. The molecule has 6 aromatic carbocycles. The molecule has 0 radical (unpaired) electrons. The van der Waals surface area contributed by atoms with Crippen LogP contribution in [-0.4, -0.2) is 34.1 Å². The van der Waals surface area contributed by atoms with Crippen LogP contribution < -0.4 is 0 Å². The molecule has 8 nitrogen and oxygen atoms in total. The zero-order chi connectivity index (χ0) is 37.5. The number of benzene rings is 6. The van der Waals surface area contributed by atoms with Crippen LogP contribution in [0.2, 0.25) is 0 Å². The van der Waals surface area contributed by atoms with Crippen LogP contribution in [0.25, 0.3) is 111 Å². The Kier molecular flexibility index (Phi) is 6.76. The lowest BCUT2D eigenvalue weighted by Crippen LogP contribution is -2.07. The third-order valence-corrected chi connectivity index (χ3v) is 10.9. The van der Waals surface area contributed by atoms with Crippen LogP contribution >= 0.6 is 0 Å². The third kappa shape index (κ3) is 4.91. The Morgan fingerprint density at radius 2 is 0.895 bits per heavy atom. The van der Waals surface area contributed by atoms with Gasteiger partial charge in [-0.3, -0.25) is 14.5 Å². The Bertz CT molecular complexity index is 3470. The monoisotopic (exact) mass is 731 g/mol. The average molecular weight is 732 g/mol. The minimum absolute atomic E-state index is 0.481. The molecule has 12 aromatic rings. The number of fused-ring (bicyclic) bond motifs is 9. The second kappa shape index (κ2) is 12.3. The molecule has 8 heteroatoms. The summed E-state index contributed by atoms with van der Waals surface area (Å²) >= 11 is 0. The summed E-state index contributed by atoms with van der Waals surface area (Å²) in [4.78, 5) is 24.0. The number of hydrogen-bond donors (Lipinski definition) is 0. The average Bonchev–Trinajstić information content (AvgIpc) is 3.94. The summed E-state index contributed by atoms with van der Waals surface area (Å²) in [6, 6.07) is 56.7. The molecule has 0 fully saturated rings. The maximum Gasteiger partial charge on any atom is 0.238 e. The summed E-state index contributed by atoms with van der Waals surface area (Å²) in [5, 5.41) is 6.82. The van der Waals surface area contributed by atoms with Crippen molar-refractivity contribution in [2.45, 2.75) is 0 Å². The van der Waals surface area contributed by atoms with Crippen LogP contribution in [0.3, 0.4) is 0 Å². The lowest BCUT2D eigenvalue weighted by molar-refractivity contribution is 0.669. The molecule has 0 amide bonds. The van der Waals surface area contributed by atoms with E-state index in [-0.39, 0.29) is 0 Å². The van der Waals surface area contributed by atoms with E-state index in [0.717, 1.165) is 71.6 Å². The van der Waals surface area contributed by atoms with Crippen molar-refractivity contribution >= 4 is 65.6 Å². The Balaban J connectivity index is 1.03. The van der Waals surface area contributed by atoms with Crippen LogP contribution in [0, 0.1) is 0 Å². The fourth-order valence-electron chi connectivity index (χ4n) is 8.34. The molecule has 0 aliphatic heterocycles. The van der Waals surface area contributed by atoms with Crippen molar-refractivity contribution in [2.24, 2.45) is 0 Å². The molecule has 0 N–H and O–H groups in total. The molecule has 0 atom stereocenters. The molecule has 0 saturated carbocycles. The van der Waals surface area contributed by atoms with Gasteiger partial charge in [-0.05, 0) is 96.1 Å². The minimum Gasteiger partial charge on any atom is -0.456 e. The molecular formula is C49H29N7O. The molecular weight excluding hydrogens is 703 g/mol. The maximum absolute atomic E-state index is 6.17. The summed E-state index contributed by atoms with van der Waals surface area (Å²) in [6.07, 6.45) is 3.50. The van der Waals surface area contributed by atoms with Gasteiger partial charge in [0.25, 0.3) is 0 Å². The van der Waals surface area contributed by atoms with E-state index < -0.39 is 0 Å². The Morgan fingerprint density at radius 1 is 0.368 bits per heavy atom. The minimum atomic E-state index is 0.481. The van der Waals surface area contributed by atoms with Gasteiger partial charge in [0.2, 0.25) is 5.95 Å². The van der Waals surface area contributed by atoms with E-state index in [2.05, 4.69) is 134 Å². The number of hydrogen-bond acceptors (Lipinski definition) is 6. The van der Waals surface area contributed by atoms with Gasteiger partial charge >= 0.3 is 0 Å². The van der Waals surface area contributed by atoms with Crippen molar-refractivity contribution in [3.63, 3.8) is 0 Å². The molecule has 6 aromatic heterocycles. The molecule has 57 heavy (non-hydrogen) atoms. The van der Waals surface area contributed by atoms with Crippen LogP contribution in [0.5, 0.6) is 0 Å². The first kappa shape index (κ1) is 31.4. The molecule has 6 heterocycles. The summed E-state index contributed by atoms with van der Waals surface area (Å²) in [5.74, 6) is 1.46. The van der Waals surface area contributed by atoms with E-state index in [1.165, 1.54) is 10.8 Å². The van der Waals surface area contributed by atoms with Gasteiger partial charge in [-0.15, -0.1) is 0 Å². The van der Waals surface area contributed by atoms with Gasteiger partial charge in [0.1, 0.15) is 22.6 Å². The van der Waals surface area contributed by atoms with Crippen LogP contribution in [0.4, 0.5) is 0 Å². The first-order valence-electron chi connectivity index (χ1n) is 18.8. The first-order valence-corrected chi connectivity index (χ1v) is 18.8. The smallest absolute Gasteiger partial charge is 0.238 e. The SMILES string of the molecule is c1ccc(-c2nc(-c3ccccn3)nc(-n3c4ccccc4c4cc(-c5ccc6c(c5)c5ccccc5n6-c5ccc6oc7ccccc7c6c5)ccc43)n2)nc1. The maximum atomic E-state index is 6.17. The van der Waals surface area contributed by atoms with Crippen LogP contribution in [0.15, 0.2) is 181 Å². The zero-order valence-electron chi connectivity index (χ0n) is 30.3. The number of aromatic nitrogens is 7. The Hall–Kier alpha value is -7.97. The zero-order valence-corrected chi connectivity index (χ0v) is 30.3. The van der Waals surface area contributed by atoms with Crippen molar-refractivity contribution < 1.29 is 4.42 Å². The van der Waals surface area contributed by atoms with Crippen molar-refractivity contribution in [1.82, 2.24) is 34.1 Å². The molecule has 12 rings (SSSR count). The topological polar surface area (TPSA) is 87.5 Å². The van der Waals surface area contributed by atoms with E-state index in [1.807, 2.05) is 48.5 Å². The van der Waals surface area contributed by atoms with Gasteiger partial charge in [0.05, 0.1) is 22.1 Å². The highest BCUT2D eigenvalue weighted by Crippen LogP contribution is 2.39. The molecule has 0 spiro atoms. The van der Waals surface area contributed by atoms with E-state index >= 15 is 0 Å². The molecule has 0 unspecified atom stereocenters. The molecule has 0 saturated heterocycles. The van der Waals surface area contributed by atoms with Gasteiger partial charge in [-0.1, -0.05) is 78.9 Å². The second-order valence-corrected chi connectivity index (χ2v) is 14.2. The number of para-hydroxylation sites is 3. The first-order chi connectivity index (χ1) is 28.2. The summed E-state index contributed by atoms with van der Waals surface area (Å²) in [7, 11) is 0. The second-order valence-electron chi connectivity index (χ2n) is 14.2. The fraction of sp³-hybridized carbons (Fsp3) is 0. The largest absolute Gasteiger partial charge is 0.456 e. The van der Waals surface area contributed by atoms with Crippen LogP contribution in [0.1, 0.15) is 0 Å². The van der Waals surface area contributed by atoms with Gasteiger partial charge in [0, 0.05) is 50.4 Å². The van der Waals surface area contributed by atoms with Crippen molar-refractivity contribution in [1.29, 1.82) is 0 Å². The van der Waals surface area contributed by atoms with Gasteiger partial charge in [-0.25, -0.2) is 4.98 Å². The van der Waals surface area contributed by atoms with Crippen molar-refractivity contribution in [2.75, 3.05) is 0 Å².